The summed E-state index contributed by atoms with van der Waals surface area (Å²) in [6, 6.07) is 10.3. The van der Waals surface area contributed by atoms with Crippen LogP contribution in [0.5, 0.6) is 11.5 Å². The van der Waals surface area contributed by atoms with Crippen LogP contribution < -0.4 is 4.74 Å². The standard InChI is InChI=1S/C15H14BrFO2/c1-9-7-15(11(10(2)18)8-13(9)17)19-14-6-4-3-5-12(14)16/h3-8,10,18H,1-2H3. The van der Waals surface area contributed by atoms with Gasteiger partial charge < -0.3 is 9.84 Å². The Labute approximate surface area is 120 Å². The molecule has 0 saturated heterocycles. The minimum absolute atomic E-state index is 0.352. The summed E-state index contributed by atoms with van der Waals surface area (Å²) in [5.41, 5.74) is 0.908. The van der Waals surface area contributed by atoms with E-state index in [1.165, 1.54) is 6.07 Å². The minimum Gasteiger partial charge on any atom is -0.456 e. The fourth-order valence-electron chi connectivity index (χ4n) is 1.73. The van der Waals surface area contributed by atoms with Crippen LogP contribution in [0.3, 0.4) is 0 Å². The maximum absolute atomic E-state index is 13.6. The lowest BCUT2D eigenvalue weighted by atomic mass is 10.1. The normalized spacial score (nSPS) is 12.3. The molecule has 0 spiro atoms. The first-order valence-electron chi connectivity index (χ1n) is 5.89. The minimum atomic E-state index is -0.799. The molecule has 4 heteroatoms. The van der Waals surface area contributed by atoms with E-state index < -0.39 is 6.10 Å². The summed E-state index contributed by atoms with van der Waals surface area (Å²) >= 11 is 3.39. The zero-order valence-electron chi connectivity index (χ0n) is 10.7. The molecule has 0 radical (unpaired) electrons. The van der Waals surface area contributed by atoms with E-state index in [0.29, 0.717) is 22.6 Å². The van der Waals surface area contributed by atoms with E-state index in [1.54, 1.807) is 26.0 Å². The number of aliphatic hydroxyl groups excluding tert-OH is 1. The quantitative estimate of drug-likeness (QED) is 0.883. The highest BCUT2D eigenvalue weighted by atomic mass is 79.9. The van der Waals surface area contributed by atoms with Crippen molar-refractivity contribution in [2.45, 2.75) is 20.0 Å². The number of para-hydroxylation sites is 1. The van der Waals surface area contributed by atoms with E-state index in [0.717, 1.165) is 4.47 Å². The third kappa shape index (κ3) is 3.14. The van der Waals surface area contributed by atoms with E-state index in [1.807, 2.05) is 18.2 Å². The van der Waals surface area contributed by atoms with Gasteiger partial charge in [0.2, 0.25) is 0 Å². The monoisotopic (exact) mass is 324 g/mol. The zero-order valence-corrected chi connectivity index (χ0v) is 12.2. The first-order chi connectivity index (χ1) is 8.99. The topological polar surface area (TPSA) is 29.5 Å². The summed E-state index contributed by atoms with van der Waals surface area (Å²) < 4.78 is 20.1. The highest BCUT2D eigenvalue weighted by Gasteiger charge is 2.14. The number of hydrogen-bond acceptors (Lipinski definition) is 2. The van der Waals surface area contributed by atoms with Gasteiger partial charge in [-0.05, 0) is 59.6 Å². The Balaban J connectivity index is 2.45. The summed E-state index contributed by atoms with van der Waals surface area (Å²) in [6.45, 7) is 3.24. The van der Waals surface area contributed by atoms with Crippen molar-refractivity contribution in [3.63, 3.8) is 0 Å². The highest BCUT2D eigenvalue weighted by Crippen LogP contribution is 2.34. The molecule has 0 aromatic heterocycles. The molecule has 0 aliphatic rings. The molecule has 2 nitrogen and oxygen atoms in total. The number of ether oxygens (including phenoxy) is 1. The fourth-order valence-corrected chi connectivity index (χ4v) is 2.10. The Hall–Kier alpha value is -1.39. The second kappa shape index (κ2) is 5.72. The van der Waals surface area contributed by atoms with Crippen molar-refractivity contribution in [1.82, 2.24) is 0 Å². The largest absolute Gasteiger partial charge is 0.456 e. The Morgan fingerprint density at radius 3 is 2.53 bits per heavy atom. The molecule has 1 atom stereocenters. The molecule has 100 valence electrons. The number of aliphatic hydroxyl groups is 1. The molecule has 0 heterocycles. The van der Waals surface area contributed by atoms with Gasteiger partial charge in [-0.1, -0.05) is 12.1 Å². The van der Waals surface area contributed by atoms with E-state index in [2.05, 4.69) is 15.9 Å². The summed E-state index contributed by atoms with van der Waals surface area (Å²) in [7, 11) is 0. The van der Waals surface area contributed by atoms with Gasteiger partial charge in [0.1, 0.15) is 17.3 Å². The van der Waals surface area contributed by atoms with Crippen LogP contribution in [0.15, 0.2) is 40.9 Å². The van der Waals surface area contributed by atoms with Gasteiger partial charge in [0.25, 0.3) is 0 Å². The molecule has 1 N–H and O–H groups in total. The molecule has 0 amide bonds. The SMILES string of the molecule is Cc1cc(Oc2ccccc2Br)c(C(C)O)cc1F. The van der Waals surface area contributed by atoms with Gasteiger partial charge in [-0.25, -0.2) is 4.39 Å². The van der Waals surface area contributed by atoms with Crippen LogP contribution in [0.4, 0.5) is 4.39 Å². The number of hydrogen-bond donors (Lipinski definition) is 1. The van der Waals surface area contributed by atoms with Crippen LogP contribution in [0.2, 0.25) is 0 Å². The predicted octanol–water partition coefficient (Wildman–Crippen LogP) is 4.74. The van der Waals surface area contributed by atoms with Crippen LogP contribution in [0.25, 0.3) is 0 Å². The molecule has 19 heavy (non-hydrogen) atoms. The Morgan fingerprint density at radius 2 is 1.89 bits per heavy atom. The van der Waals surface area contributed by atoms with E-state index in [9.17, 15) is 9.50 Å². The molecule has 0 fully saturated rings. The Morgan fingerprint density at radius 1 is 1.21 bits per heavy atom. The molecule has 0 aliphatic carbocycles. The molecule has 0 bridgehead atoms. The smallest absolute Gasteiger partial charge is 0.141 e. The van der Waals surface area contributed by atoms with Crippen LogP contribution >= 0.6 is 15.9 Å². The highest BCUT2D eigenvalue weighted by molar-refractivity contribution is 9.10. The van der Waals surface area contributed by atoms with Crippen LogP contribution in [0.1, 0.15) is 24.2 Å². The van der Waals surface area contributed by atoms with Crippen LogP contribution in [0, 0.1) is 12.7 Å². The summed E-state index contributed by atoms with van der Waals surface area (Å²) in [6.07, 6.45) is -0.799. The molecular weight excluding hydrogens is 311 g/mol. The first kappa shape index (κ1) is 14.0. The van der Waals surface area contributed by atoms with Crippen molar-refractivity contribution in [1.29, 1.82) is 0 Å². The lowest BCUT2D eigenvalue weighted by Crippen LogP contribution is -1.99. The summed E-state index contributed by atoms with van der Waals surface area (Å²) in [5, 5.41) is 9.71. The predicted molar refractivity (Wildman–Crippen MR) is 76.0 cm³/mol. The second-order valence-electron chi connectivity index (χ2n) is 4.35. The van der Waals surface area contributed by atoms with E-state index in [-0.39, 0.29) is 5.82 Å². The maximum atomic E-state index is 13.6. The van der Waals surface area contributed by atoms with Gasteiger partial charge in [0.05, 0.1) is 10.6 Å². The van der Waals surface area contributed by atoms with Crippen molar-refractivity contribution in [2.24, 2.45) is 0 Å². The number of rotatable bonds is 3. The molecule has 2 rings (SSSR count). The van der Waals surface area contributed by atoms with Crippen molar-refractivity contribution in [2.75, 3.05) is 0 Å². The van der Waals surface area contributed by atoms with Gasteiger partial charge >= 0.3 is 0 Å². The molecule has 2 aromatic carbocycles. The van der Waals surface area contributed by atoms with Gasteiger partial charge in [-0.3, -0.25) is 0 Å². The molecule has 2 aromatic rings. The van der Waals surface area contributed by atoms with Gasteiger partial charge in [0.15, 0.2) is 0 Å². The van der Waals surface area contributed by atoms with Crippen LogP contribution in [-0.2, 0) is 0 Å². The lowest BCUT2D eigenvalue weighted by molar-refractivity contribution is 0.195. The molecule has 0 aliphatic heterocycles. The van der Waals surface area contributed by atoms with Crippen molar-refractivity contribution >= 4 is 15.9 Å². The number of halogens is 2. The van der Waals surface area contributed by atoms with Gasteiger partial charge in [-0.15, -0.1) is 0 Å². The third-order valence-corrected chi connectivity index (χ3v) is 3.45. The second-order valence-corrected chi connectivity index (χ2v) is 5.20. The number of benzene rings is 2. The molecular formula is C15H14BrFO2. The first-order valence-corrected chi connectivity index (χ1v) is 6.69. The zero-order chi connectivity index (χ0) is 14.0. The summed E-state index contributed by atoms with van der Waals surface area (Å²) in [4.78, 5) is 0. The third-order valence-electron chi connectivity index (χ3n) is 2.80. The number of aryl methyl sites for hydroxylation is 1. The van der Waals surface area contributed by atoms with Crippen LogP contribution in [-0.4, -0.2) is 5.11 Å². The summed E-state index contributed by atoms with van der Waals surface area (Å²) in [5.74, 6) is 0.728. The van der Waals surface area contributed by atoms with Crippen molar-refractivity contribution in [3.8, 4) is 11.5 Å². The maximum Gasteiger partial charge on any atom is 0.141 e. The average Bonchev–Trinajstić information content (AvgIpc) is 2.36. The van der Waals surface area contributed by atoms with E-state index in [4.69, 9.17) is 4.74 Å². The van der Waals surface area contributed by atoms with Gasteiger partial charge in [-0.2, -0.15) is 0 Å². The van der Waals surface area contributed by atoms with Crippen molar-refractivity contribution < 1.29 is 14.2 Å². The average molecular weight is 325 g/mol. The van der Waals surface area contributed by atoms with Crippen molar-refractivity contribution in [3.05, 3.63) is 57.8 Å². The Bertz CT molecular complexity index is 597. The lowest BCUT2D eigenvalue weighted by Gasteiger charge is -2.15. The Kier molecular flexibility index (Phi) is 4.22. The fraction of sp³-hybridized carbons (Fsp3) is 0.200. The van der Waals surface area contributed by atoms with E-state index >= 15 is 0 Å². The molecule has 0 saturated carbocycles. The molecule has 1 unspecified atom stereocenters. The van der Waals surface area contributed by atoms with Gasteiger partial charge in [0, 0.05) is 5.56 Å².